The molecule has 11 aromatic rings. The third-order valence-corrected chi connectivity index (χ3v) is 10.9. The Hall–Kier alpha value is -7.62. The fourth-order valence-electron chi connectivity index (χ4n) is 8.17. The van der Waals surface area contributed by atoms with Crippen molar-refractivity contribution in [3.63, 3.8) is 0 Å². The Labute approximate surface area is 336 Å². The van der Waals surface area contributed by atoms with Crippen LogP contribution in [0.4, 0.5) is 17.1 Å². The summed E-state index contributed by atoms with van der Waals surface area (Å²) < 4.78 is 46.8. The maximum absolute atomic E-state index is 9.61. The van der Waals surface area contributed by atoms with Crippen molar-refractivity contribution < 1.29 is 9.90 Å². The van der Waals surface area contributed by atoms with Gasteiger partial charge in [-0.15, -0.1) is 0 Å². The van der Waals surface area contributed by atoms with Crippen molar-refractivity contribution in [3.8, 4) is 39.1 Å². The Morgan fingerprint density at radius 3 is 1.63 bits per heavy atom. The highest BCUT2D eigenvalue weighted by Crippen LogP contribution is 2.40. The molecule has 3 heteroatoms. The summed E-state index contributed by atoms with van der Waals surface area (Å²) in [5, 5.41) is 4.37. The Morgan fingerprint density at radius 1 is 0.386 bits per heavy atom. The third kappa shape index (κ3) is 5.68. The highest BCUT2D eigenvalue weighted by atomic mass is 16.3. The zero-order valence-electron chi connectivity index (χ0n) is 34.8. The number of anilines is 3. The molecule has 0 unspecified atom stereocenters. The van der Waals surface area contributed by atoms with Gasteiger partial charge in [0.25, 0.3) is 0 Å². The van der Waals surface area contributed by atoms with E-state index in [1.807, 2.05) is 144 Å². The van der Waals surface area contributed by atoms with Crippen molar-refractivity contribution in [3.05, 3.63) is 218 Å². The molecule has 0 aliphatic heterocycles. The number of fused-ring (bicyclic) bond motifs is 6. The van der Waals surface area contributed by atoms with E-state index < -0.39 is 0 Å². The first kappa shape index (κ1) is 28.8. The monoisotopic (exact) mass is 732 g/mol. The molecule has 0 atom stereocenters. The second-order valence-corrected chi connectivity index (χ2v) is 14.2. The van der Waals surface area contributed by atoms with E-state index in [4.69, 9.17) is 4.42 Å². The minimum atomic E-state index is -0.137. The summed E-state index contributed by atoms with van der Waals surface area (Å²) in [6.45, 7) is 0. The van der Waals surface area contributed by atoms with Gasteiger partial charge < -0.3 is 13.9 Å². The van der Waals surface area contributed by atoms with Gasteiger partial charge in [-0.2, -0.15) is 0 Å². The standard InChI is InChI=1S/C54H36N2O/c1-2-12-37(13-3-1)38-24-30-42(31-25-38)55(44-34-28-40(29-35-44)46-19-11-20-50-49-18-6-9-23-53(49)57-54(46)50)43-32-26-39(27-33-43)41-14-10-15-45(36-41)56-51-21-7-4-16-47(51)48-17-5-8-22-52(48)56/h1-36H/i26D,27D,32D,33D. The normalized spacial score (nSPS) is 12.5. The zero-order valence-corrected chi connectivity index (χ0v) is 30.8. The van der Waals surface area contributed by atoms with E-state index in [0.29, 0.717) is 16.9 Å². The van der Waals surface area contributed by atoms with E-state index in [1.54, 1.807) is 0 Å². The number of rotatable bonds is 7. The molecule has 2 heterocycles. The van der Waals surface area contributed by atoms with Crippen LogP contribution in [0.1, 0.15) is 5.48 Å². The van der Waals surface area contributed by atoms with Crippen molar-refractivity contribution in [2.45, 2.75) is 0 Å². The zero-order chi connectivity index (χ0) is 41.2. The molecule has 9 aromatic carbocycles. The maximum Gasteiger partial charge on any atom is 0.143 e. The maximum atomic E-state index is 9.61. The van der Waals surface area contributed by atoms with E-state index in [9.17, 15) is 5.48 Å². The Morgan fingerprint density at radius 2 is 0.930 bits per heavy atom. The van der Waals surface area contributed by atoms with Gasteiger partial charge in [-0.25, -0.2) is 0 Å². The first-order valence-electron chi connectivity index (χ1n) is 21.1. The van der Waals surface area contributed by atoms with Crippen molar-refractivity contribution >= 4 is 60.8 Å². The van der Waals surface area contributed by atoms with Crippen molar-refractivity contribution in [1.82, 2.24) is 4.57 Å². The van der Waals surface area contributed by atoms with E-state index in [1.165, 1.54) is 0 Å². The number of para-hydroxylation sites is 4. The van der Waals surface area contributed by atoms with E-state index in [-0.39, 0.29) is 35.4 Å². The van der Waals surface area contributed by atoms with Crippen molar-refractivity contribution in [2.75, 3.05) is 4.90 Å². The van der Waals surface area contributed by atoms with Crippen LogP contribution >= 0.6 is 0 Å². The van der Waals surface area contributed by atoms with E-state index in [0.717, 1.165) is 71.7 Å². The van der Waals surface area contributed by atoms with Gasteiger partial charge in [0.2, 0.25) is 0 Å². The van der Waals surface area contributed by atoms with Crippen LogP contribution in [0.25, 0.3) is 82.8 Å². The predicted octanol–water partition coefficient (Wildman–Crippen LogP) is 15.2. The van der Waals surface area contributed by atoms with Crippen LogP contribution in [0.15, 0.2) is 223 Å². The fourth-order valence-corrected chi connectivity index (χ4v) is 8.17. The number of benzene rings is 9. The topological polar surface area (TPSA) is 21.3 Å². The summed E-state index contributed by atoms with van der Waals surface area (Å²) in [4.78, 5) is 1.83. The van der Waals surface area contributed by atoms with Crippen molar-refractivity contribution in [1.29, 1.82) is 0 Å². The molecule has 0 bridgehead atoms. The lowest BCUT2D eigenvalue weighted by Gasteiger charge is -2.26. The van der Waals surface area contributed by atoms with Gasteiger partial charge in [-0.1, -0.05) is 152 Å². The van der Waals surface area contributed by atoms with Crippen LogP contribution in [-0.2, 0) is 0 Å². The minimum Gasteiger partial charge on any atom is -0.455 e. The van der Waals surface area contributed by atoms with Gasteiger partial charge in [0, 0.05) is 49.9 Å². The van der Waals surface area contributed by atoms with Gasteiger partial charge in [-0.05, 0) is 94.5 Å². The van der Waals surface area contributed by atoms with Crippen LogP contribution in [0, 0.1) is 0 Å². The highest BCUT2D eigenvalue weighted by Gasteiger charge is 2.17. The molecular weight excluding hydrogens is 693 g/mol. The Kier molecular flexibility index (Phi) is 6.86. The quantitative estimate of drug-likeness (QED) is 0.163. The summed E-state index contributed by atoms with van der Waals surface area (Å²) in [5.74, 6) is 0. The molecule has 0 aliphatic carbocycles. The van der Waals surface area contributed by atoms with E-state index in [2.05, 4.69) is 59.2 Å². The number of nitrogens with zero attached hydrogens (tertiary/aromatic N) is 2. The van der Waals surface area contributed by atoms with Gasteiger partial charge in [-0.3, -0.25) is 0 Å². The van der Waals surface area contributed by atoms with E-state index >= 15 is 0 Å². The lowest BCUT2D eigenvalue weighted by atomic mass is 10.0. The second-order valence-electron chi connectivity index (χ2n) is 14.2. The Balaban J connectivity index is 1.05. The SMILES string of the molecule is [2H]c1c([2H])c(N(c2ccc(-c3ccccc3)cc2)c2ccc(-c3cccc4c3oc3ccccc34)cc2)c([2H])c([2H])c1-c1cccc(-n2c3ccccc3c3ccccc32)c1. The first-order valence-corrected chi connectivity index (χ1v) is 19.1. The molecule has 0 amide bonds. The molecule has 268 valence electrons. The Bertz CT molecular complexity index is 3380. The average Bonchev–Trinajstić information content (AvgIpc) is 3.87. The molecule has 0 aliphatic rings. The van der Waals surface area contributed by atoms with Gasteiger partial charge >= 0.3 is 0 Å². The molecule has 0 saturated carbocycles. The molecule has 0 N–H and O–H groups in total. The first-order chi connectivity index (χ1) is 29.9. The third-order valence-electron chi connectivity index (χ3n) is 10.9. The molecule has 2 aromatic heterocycles. The van der Waals surface area contributed by atoms with Gasteiger partial charge in [0.05, 0.1) is 16.5 Å². The summed E-state index contributed by atoms with van der Waals surface area (Å²) in [6, 6.07) is 64.1. The molecular formula is C54H36N2O. The molecule has 0 radical (unpaired) electrons. The number of hydrogen-bond acceptors (Lipinski definition) is 2. The molecule has 11 rings (SSSR count). The lowest BCUT2D eigenvalue weighted by molar-refractivity contribution is 0.670. The van der Waals surface area contributed by atoms with Crippen LogP contribution < -0.4 is 4.90 Å². The average molecular weight is 733 g/mol. The minimum absolute atomic E-state index is 0.116. The molecule has 0 fully saturated rings. The summed E-state index contributed by atoms with van der Waals surface area (Å²) in [5.41, 5.74) is 11.0. The summed E-state index contributed by atoms with van der Waals surface area (Å²) in [6.07, 6.45) is 0. The number of hydrogen-bond donors (Lipinski definition) is 0. The van der Waals surface area contributed by atoms with Crippen LogP contribution in [0.3, 0.4) is 0 Å². The van der Waals surface area contributed by atoms with Crippen LogP contribution in [0.2, 0.25) is 0 Å². The molecule has 0 saturated heterocycles. The number of furan rings is 1. The van der Waals surface area contributed by atoms with Gasteiger partial charge in [0.15, 0.2) is 0 Å². The largest absolute Gasteiger partial charge is 0.455 e. The van der Waals surface area contributed by atoms with Crippen LogP contribution in [-0.4, -0.2) is 4.57 Å². The molecule has 3 nitrogen and oxygen atoms in total. The van der Waals surface area contributed by atoms with Crippen LogP contribution in [0.5, 0.6) is 0 Å². The van der Waals surface area contributed by atoms with Gasteiger partial charge in [0.1, 0.15) is 11.2 Å². The fraction of sp³-hybridized carbons (Fsp3) is 0. The second kappa shape index (κ2) is 13.6. The number of aromatic nitrogens is 1. The highest BCUT2D eigenvalue weighted by molar-refractivity contribution is 6.10. The smallest absolute Gasteiger partial charge is 0.143 e. The molecule has 57 heavy (non-hydrogen) atoms. The lowest BCUT2D eigenvalue weighted by Crippen LogP contribution is -2.09. The summed E-state index contributed by atoms with van der Waals surface area (Å²) >= 11 is 0. The van der Waals surface area contributed by atoms with Crippen molar-refractivity contribution in [2.24, 2.45) is 0 Å². The summed E-state index contributed by atoms with van der Waals surface area (Å²) in [7, 11) is 0. The molecule has 0 spiro atoms. The predicted molar refractivity (Wildman–Crippen MR) is 239 cm³/mol.